The molecular weight excluding hydrogens is 355 g/mol. The van der Waals surface area contributed by atoms with Crippen LogP contribution in [-0.2, 0) is 20.7 Å². The quantitative estimate of drug-likeness (QED) is 0.649. The van der Waals surface area contributed by atoms with Gasteiger partial charge in [-0.05, 0) is 29.8 Å². The summed E-state index contributed by atoms with van der Waals surface area (Å²) in [6.07, 6.45) is 0.288. The van der Waals surface area contributed by atoms with E-state index in [0.717, 1.165) is 5.56 Å². The van der Waals surface area contributed by atoms with Gasteiger partial charge in [-0.1, -0.05) is 12.1 Å². The van der Waals surface area contributed by atoms with Crippen LogP contribution in [0.4, 0.5) is 10.1 Å². The fourth-order valence-corrected chi connectivity index (χ4v) is 2.42. The largest absolute Gasteiger partial charge is 0.493 e. The Bertz CT molecular complexity index is 795. The number of hydrogen-bond donors (Lipinski definition) is 2. The minimum Gasteiger partial charge on any atom is -0.493 e. The molecule has 3 N–H and O–H groups in total. The molecule has 7 nitrogen and oxygen atoms in total. The Morgan fingerprint density at radius 1 is 1.11 bits per heavy atom. The second kappa shape index (κ2) is 9.42. The molecule has 0 saturated carbocycles. The zero-order valence-electron chi connectivity index (χ0n) is 15.0. The second-order valence-electron chi connectivity index (χ2n) is 5.67. The maximum Gasteiger partial charge on any atom is 0.328 e. The number of anilines is 1. The lowest BCUT2D eigenvalue weighted by atomic mass is 10.1. The van der Waals surface area contributed by atoms with Crippen molar-refractivity contribution in [1.29, 1.82) is 0 Å². The van der Waals surface area contributed by atoms with Gasteiger partial charge in [0.1, 0.15) is 11.9 Å². The van der Waals surface area contributed by atoms with E-state index >= 15 is 0 Å². The lowest BCUT2D eigenvalue weighted by molar-refractivity contribution is -0.141. The van der Waals surface area contributed by atoms with E-state index in [1.54, 1.807) is 30.3 Å². The van der Waals surface area contributed by atoms with Crippen molar-refractivity contribution in [3.63, 3.8) is 0 Å². The average molecular weight is 376 g/mol. The number of benzene rings is 2. The summed E-state index contributed by atoms with van der Waals surface area (Å²) < 4.78 is 28.4. The van der Waals surface area contributed by atoms with Crippen LogP contribution < -0.4 is 20.5 Å². The zero-order chi connectivity index (χ0) is 19.8. The highest BCUT2D eigenvalue weighted by Gasteiger charge is 2.20. The smallest absolute Gasteiger partial charge is 0.328 e. The summed E-state index contributed by atoms with van der Waals surface area (Å²) in [5.41, 5.74) is 6.41. The molecule has 0 aromatic heterocycles. The van der Waals surface area contributed by atoms with E-state index in [1.807, 2.05) is 0 Å². The first-order valence-electron chi connectivity index (χ1n) is 8.11. The van der Waals surface area contributed by atoms with Crippen molar-refractivity contribution >= 4 is 17.6 Å². The van der Waals surface area contributed by atoms with Gasteiger partial charge in [0.15, 0.2) is 18.1 Å². The number of methoxy groups -OCH3 is 2. The first-order valence-corrected chi connectivity index (χ1v) is 8.11. The predicted molar refractivity (Wildman–Crippen MR) is 97.2 cm³/mol. The lowest BCUT2D eigenvalue weighted by Crippen LogP contribution is -2.32. The third kappa shape index (κ3) is 5.88. The van der Waals surface area contributed by atoms with Crippen molar-refractivity contribution in [2.75, 3.05) is 26.1 Å². The topological polar surface area (TPSA) is 99.9 Å². The summed E-state index contributed by atoms with van der Waals surface area (Å²) in [6, 6.07) is 10.0. The van der Waals surface area contributed by atoms with Crippen LogP contribution >= 0.6 is 0 Å². The molecule has 2 aromatic carbocycles. The standard InChI is InChI=1S/C19H21FN2O5/c1-25-16-8-7-14(10-17(16)27-11-18(21)23)22-15(19(24)26-2)9-12-3-5-13(20)6-4-12/h3-8,10,15,22H,9,11H2,1-2H3,(H2,21,23). The molecule has 0 aliphatic rings. The van der Waals surface area contributed by atoms with Crippen molar-refractivity contribution in [2.45, 2.75) is 12.5 Å². The number of carbonyl (C=O) groups excluding carboxylic acids is 2. The van der Waals surface area contributed by atoms with Gasteiger partial charge in [-0.25, -0.2) is 9.18 Å². The van der Waals surface area contributed by atoms with E-state index in [9.17, 15) is 14.0 Å². The van der Waals surface area contributed by atoms with Gasteiger partial charge in [0.2, 0.25) is 0 Å². The molecule has 0 radical (unpaired) electrons. The first kappa shape index (κ1) is 20.0. The summed E-state index contributed by atoms with van der Waals surface area (Å²) in [4.78, 5) is 23.1. The molecule has 2 rings (SSSR count). The molecule has 144 valence electrons. The van der Waals surface area contributed by atoms with Gasteiger partial charge >= 0.3 is 5.97 Å². The summed E-state index contributed by atoms with van der Waals surface area (Å²) in [5.74, 6) is -0.747. The molecular formula is C19H21FN2O5. The Balaban J connectivity index is 2.20. The van der Waals surface area contributed by atoms with Crippen LogP contribution in [0, 0.1) is 5.82 Å². The van der Waals surface area contributed by atoms with Crippen LogP contribution in [0.2, 0.25) is 0 Å². The van der Waals surface area contributed by atoms with Crippen LogP contribution in [0.5, 0.6) is 11.5 Å². The van der Waals surface area contributed by atoms with Gasteiger partial charge in [-0.15, -0.1) is 0 Å². The van der Waals surface area contributed by atoms with Gasteiger partial charge in [0.05, 0.1) is 14.2 Å². The minimum atomic E-state index is -0.710. The molecule has 0 saturated heterocycles. The van der Waals surface area contributed by atoms with Crippen LogP contribution in [-0.4, -0.2) is 38.7 Å². The third-order valence-corrected chi connectivity index (χ3v) is 3.71. The number of rotatable bonds is 9. The molecule has 0 spiro atoms. The Morgan fingerprint density at radius 2 is 1.81 bits per heavy atom. The van der Waals surface area contributed by atoms with E-state index in [4.69, 9.17) is 19.9 Å². The number of amides is 1. The summed E-state index contributed by atoms with van der Waals surface area (Å²) in [6.45, 7) is -0.310. The van der Waals surface area contributed by atoms with E-state index in [2.05, 4.69) is 5.32 Å². The maximum absolute atomic E-state index is 13.1. The van der Waals surface area contributed by atoms with Crippen LogP contribution in [0.1, 0.15) is 5.56 Å². The fraction of sp³-hybridized carbons (Fsp3) is 0.263. The number of esters is 1. The highest BCUT2D eigenvalue weighted by atomic mass is 19.1. The number of carbonyl (C=O) groups is 2. The molecule has 0 bridgehead atoms. The molecule has 0 fully saturated rings. The molecule has 27 heavy (non-hydrogen) atoms. The summed E-state index contributed by atoms with van der Waals surface area (Å²) in [5, 5.41) is 3.05. The normalized spacial score (nSPS) is 11.4. The number of primary amides is 1. The van der Waals surface area contributed by atoms with E-state index in [1.165, 1.54) is 26.4 Å². The highest BCUT2D eigenvalue weighted by Crippen LogP contribution is 2.30. The highest BCUT2D eigenvalue weighted by molar-refractivity contribution is 5.80. The molecule has 8 heteroatoms. The van der Waals surface area contributed by atoms with Gasteiger partial charge in [-0.2, -0.15) is 0 Å². The molecule has 1 unspecified atom stereocenters. The zero-order valence-corrected chi connectivity index (χ0v) is 15.0. The Hall–Kier alpha value is -3.29. The Labute approximate surface area is 156 Å². The van der Waals surface area contributed by atoms with Gasteiger partial charge in [-0.3, -0.25) is 4.79 Å². The minimum absolute atomic E-state index is 0.288. The fourth-order valence-electron chi connectivity index (χ4n) is 2.42. The van der Waals surface area contributed by atoms with Crippen molar-refractivity contribution in [3.8, 4) is 11.5 Å². The third-order valence-electron chi connectivity index (χ3n) is 3.71. The van der Waals surface area contributed by atoms with Gasteiger partial charge in [0, 0.05) is 18.2 Å². The number of hydrogen-bond acceptors (Lipinski definition) is 6. The predicted octanol–water partition coefficient (Wildman–Crippen LogP) is 1.89. The van der Waals surface area contributed by atoms with E-state index in [0.29, 0.717) is 17.2 Å². The molecule has 2 aromatic rings. The molecule has 0 aliphatic heterocycles. The summed E-state index contributed by atoms with van der Waals surface area (Å²) in [7, 11) is 2.75. The van der Waals surface area contributed by atoms with Crippen molar-refractivity contribution in [1.82, 2.24) is 0 Å². The molecule has 0 aliphatic carbocycles. The number of nitrogens with two attached hydrogens (primary N) is 1. The van der Waals surface area contributed by atoms with Crippen molar-refractivity contribution < 1.29 is 28.2 Å². The van der Waals surface area contributed by atoms with Gasteiger partial charge in [0.25, 0.3) is 5.91 Å². The molecule has 1 amide bonds. The number of nitrogens with one attached hydrogen (secondary N) is 1. The molecule has 0 heterocycles. The van der Waals surface area contributed by atoms with Gasteiger partial charge < -0.3 is 25.3 Å². The number of ether oxygens (including phenoxy) is 3. The Morgan fingerprint density at radius 3 is 2.41 bits per heavy atom. The van der Waals surface area contributed by atoms with Crippen molar-refractivity contribution in [3.05, 3.63) is 53.8 Å². The molecule has 1 atom stereocenters. The Kier molecular flexibility index (Phi) is 6.99. The maximum atomic E-state index is 13.1. The second-order valence-corrected chi connectivity index (χ2v) is 5.67. The first-order chi connectivity index (χ1) is 12.9. The van der Waals surface area contributed by atoms with Crippen LogP contribution in [0.3, 0.4) is 0 Å². The lowest BCUT2D eigenvalue weighted by Gasteiger charge is -2.19. The van der Waals surface area contributed by atoms with E-state index in [-0.39, 0.29) is 18.8 Å². The van der Waals surface area contributed by atoms with Crippen LogP contribution in [0.25, 0.3) is 0 Å². The number of halogens is 1. The SMILES string of the molecule is COC(=O)C(Cc1ccc(F)cc1)Nc1ccc(OC)c(OCC(N)=O)c1. The van der Waals surface area contributed by atoms with Crippen LogP contribution in [0.15, 0.2) is 42.5 Å². The monoisotopic (exact) mass is 376 g/mol. The van der Waals surface area contributed by atoms with E-state index < -0.39 is 17.9 Å². The average Bonchev–Trinajstić information content (AvgIpc) is 2.67. The summed E-state index contributed by atoms with van der Waals surface area (Å²) >= 11 is 0. The van der Waals surface area contributed by atoms with Crippen molar-refractivity contribution in [2.24, 2.45) is 5.73 Å².